The first-order valence-electron chi connectivity index (χ1n) is 7.14. The van der Waals surface area contributed by atoms with E-state index in [1.54, 1.807) is 11.3 Å². The van der Waals surface area contributed by atoms with Crippen molar-refractivity contribution >= 4 is 22.4 Å². The van der Waals surface area contributed by atoms with Crippen LogP contribution in [0.15, 0.2) is 5.38 Å². The minimum Gasteiger partial charge on any atom is -0.355 e. The van der Waals surface area contributed by atoms with E-state index < -0.39 is 0 Å². The highest BCUT2D eigenvalue weighted by molar-refractivity contribution is 7.13. The van der Waals surface area contributed by atoms with E-state index in [0.29, 0.717) is 6.54 Å². The van der Waals surface area contributed by atoms with Gasteiger partial charge in [0.15, 0.2) is 5.13 Å². The Morgan fingerprint density at radius 3 is 2.84 bits per heavy atom. The van der Waals surface area contributed by atoms with E-state index in [1.165, 1.54) is 19.3 Å². The van der Waals surface area contributed by atoms with Gasteiger partial charge >= 0.3 is 0 Å². The molecule has 0 aliphatic carbocycles. The molecule has 19 heavy (non-hydrogen) atoms. The number of anilines is 1. The number of carbonyl (C=O) groups excluding carboxylic acids is 1. The predicted octanol–water partition coefficient (Wildman–Crippen LogP) is 2.45. The average Bonchev–Trinajstić information content (AvgIpc) is 2.88. The van der Waals surface area contributed by atoms with Crippen LogP contribution < -0.4 is 10.2 Å². The second-order valence-electron chi connectivity index (χ2n) is 5.36. The molecule has 1 fully saturated rings. The lowest BCUT2D eigenvalue weighted by molar-refractivity contribution is -0.123. The van der Waals surface area contributed by atoms with Crippen molar-refractivity contribution in [1.29, 1.82) is 0 Å². The molecule has 0 unspecified atom stereocenters. The normalized spacial score (nSPS) is 15.8. The molecular formula is C14H23N3OS. The molecular weight excluding hydrogens is 258 g/mol. The SMILES string of the molecule is CC(C)C(=O)NCCc1csc(N2CCCCC2)n1. The maximum absolute atomic E-state index is 11.4. The number of aromatic nitrogens is 1. The molecule has 1 saturated heterocycles. The summed E-state index contributed by atoms with van der Waals surface area (Å²) in [5.74, 6) is 0.172. The molecule has 0 saturated carbocycles. The molecule has 1 N–H and O–H groups in total. The van der Waals surface area contributed by atoms with Crippen LogP contribution >= 0.6 is 11.3 Å². The highest BCUT2D eigenvalue weighted by atomic mass is 32.1. The van der Waals surface area contributed by atoms with Crippen LogP contribution in [0.25, 0.3) is 0 Å². The van der Waals surface area contributed by atoms with Gasteiger partial charge in [-0.05, 0) is 19.3 Å². The molecule has 0 aromatic carbocycles. The number of hydrogen-bond acceptors (Lipinski definition) is 4. The number of rotatable bonds is 5. The molecule has 1 aromatic heterocycles. The maximum atomic E-state index is 11.4. The molecule has 5 heteroatoms. The van der Waals surface area contributed by atoms with Gasteiger partial charge in [-0.15, -0.1) is 11.3 Å². The van der Waals surface area contributed by atoms with E-state index in [-0.39, 0.29) is 11.8 Å². The molecule has 4 nitrogen and oxygen atoms in total. The van der Waals surface area contributed by atoms with Gasteiger partial charge in [0.25, 0.3) is 0 Å². The highest BCUT2D eigenvalue weighted by Crippen LogP contribution is 2.23. The Bertz CT molecular complexity index is 411. The van der Waals surface area contributed by atoms with Crippen molar-refractivity contribution in [3.05, 3.63) is 11.1 Å². The summed E-state index contributed by atoms with van der Waals surface area (Å²) in [4.78, 5) is 18.5. The van der Waals surface area contributed by atoms with Crippen molar-refractivity contribution in [3.8, 4) is 0 Å². The number of piperidine rings is 1. The lowest BCUT2D eigenvalue weighted by Crippen LogP contribution is -2.30. The Balaban J connectivity index is 1.79. The van der Waals surface area contributed by atoms with Crippen molar-refractivity contribution in [1.82, 2.24) is 10.3 Å². The Hall–Kier alpha value is -1.10. The van der Waals surface area contributed by atoms with Crippen molar-refractivity contribution in [3.63, 3.8) is 0 Å². The van der Waals surface area contributed by atoms with Crippen LogP contribution in [0.4, 0.5) is 5.13 Å². The number of nitrogens with one attached hydrogen (secondary N) is 1. The molecule has 1 aliphatic rings. The Morgan fingerprint density at radius 1 is 1.42 bits per heavy atom. The summed E-state index contributed by atoms with van der Waals surface area (Å²) < 4.78 is 0. The van der Waals surface area contributed by atoms with Gasteiger partial charge in [0.05, 0.1) is 5.69 Å². The van der Waals surface area contributed by atoms with Crippen LogP contribution in [0, 0.1) is 5.92 Å². The zero-order valence-electron chi connectivity index (χ0n) is 11.8. The quantitative estimate of drug-likeness (QED) is 0.901. The highest BCUT2D eigenvalue weighted by Gasteiger charge is 2.14. The second kappa shape index (κ2) is 6.89. The Kier molecular flexibility index (Phi) is 5.19. The topological polar surface area (TPSA) is 45.2 Å². The van der Waals surface area contributed by atoms with Gasteiger partial charge in [0.2, 0.25) is 5.91 Å². The van der Waals surface area contributed by atoms with Gasteiger partial charge < -0.3 is 10.2 Å². The molecule has 1 aliphatic heterocycles. The Morgan fingerprint density at radius 2 is 2.16 bits per heavy atom. The molecule has 2 rings (SSSR count). The fraction of sp³-hybridized carbons (Fsp3) is 0.714. The summed E-state index contributed by atoms with van der Waals surface area (Å²) >= 11 is 1.72. The summed E-state index contributed by atoms with van der Waals surface area (Å²) in [5, 5.41) is 6.19. The van der Waals surface area contributed by atoms with Gasteiger partial charge in [-0.3, -0.25) is 4.79 Å². The van der Waals surface area contributed by atoms with E-state index >= 15 is 0 Å². The number of thiazole rings is 1. The fourth-order valence-corrected chi connectivity index (χ4v) is 3.07. The number of nitrogens with zero attached hydrogens (tertiary/aromatic N) is 2. The summed E-state index contributed by atoms with van der Waals surface area (Å²) in [5.41, 5.74) is 1.09. The number of hydrogen-bond donors (Lipinski definition) is 1. The molecule has 0 spiro atoms. The van der Waals surface area contributed by atoms with E-state index in [0.717, 1.165) is 30.3 Å². The van der Waals surface area contributed by atoms with Crippen LogP contribution in [0.1, 0.15) is 38.8 Å². The van der Waals surface area contributed by atoms with Crippen LogP contribution in [0.5, 0.6) is 0 Å². The first kappa shape index (κ1) is 14.3. The van der Waals surface area contributed by atoms with Crippen LogP contribution in [0.3, 0.4) is 0 Å². The third kappa shape index (κ3) is 4.20. The number of carbonyl (C=O) groups is 1. The van der Waals surface area contributed by atoms with Gasteiger partial charge in [-0.2, -0.15) is 0 Å². The van der Waals surface area contributed by atoms with Crippen molar-refractivity contribution < 1.29 is 4.79 Å². The molecule has 2 heterocycles. The van der Waals surface area contributed by atoms with Gasteiger partial charge in [0, 0.05) is 37.4 Å². The molecule has 106 valence electrons. The summed E-state index contributed by atoms with van der Waals surface area (Å²) in [6.07, 6.45) is 4.72. The van der Waals surface area contributed by atoms with Crippen LogP contribution in [-0.4, -0.2) is 30.5 Å². The smallest absolute Gasteiger partial charge is 0.222 e. The fourth-order valence-electron chi connectivity index (χ4n) is 2.16. The number of amides is 1. The maximum Gasteiger partial charge on any atom is 0.222 e. The third-order valence-corrected chi connectivity index (χ3v) is 4.32. The van der Waals surface area contributed by atoms with Crippen molar-refractivity contribution in [2.75, 3.05) is 24.5 Å². The van der Waals surface area contributed by atoms with Crippen molar-refractivity contribution in [2.24, 2.45) is 5.92 Å². The summed E-state index contributed by atoms with van der Waals surface area (Å²) in [6.45, 7) is 6.77. The lowest BCUT2D eigenvalue weighted by Gasteiger charge is -2.25. The van der Waals surface area contributed by atoms with Gasteiger partial charge in [-0.1, -0.05) is 13.8 Å². The summed E-state index contributed by atoms with van der Waals surface area (Å²) in [7, 11) is 0. The van der Waals surface area contributed by atoms with E-state index in [2.05, 4.69) is 20.6 Å². The minimum absolute atomic E-state index is 0.0549. The van der Waals surface area contributed by atoms with Crippen molar-refractivity contribution in [2.45, 2.75) is 39.5 Å². The third-order valence-electron chi connectivity index (χ3n) is 3.37. The first-order valence-corrected chi connectivity index (χ1v) is 8.02. The van der Waals surface area contributed by atoms with E-state index in [9.17, 15) is 4.79 Å². The predicted molar refractivity (Wildman–Crippen MR) is 79.7 cm³/mol. The average molecular weight is 281 g/mol. The zero-order valence-corrected chi connectivity index (χ0v) is 12.6. The monoisotopic (exact) mass is 281 g/mol. The standard InChI is InChI=1S/C14H23N3OS/c1-11(2)13(18)15-7-6-12-10-19-14(16-12)17-8-4-3-5-9-17/h10-11H,3-9H2,1-2H3,(H,15,18). The molecule has 0 bridgehead atoms. The van der Waals surface area contributed by atoms with Crippen LogP contribution in [0.2, 0.25) is 0 Å². The minimum atomic E-state index is 0.0549. The van der Waals surface area contributed by atoms with Crippen LogP contribution in [-0.2, 0) is 11.2 Å². The molecule has 1 aromatic rings. The molecule has 0 atom stereocenters. The summed E-state index contributed by atoms with van der Waals surface area (Å²) in [6, 6.07) is 0. The first-order chi connectivity index (χ1) is 9.16. The second-order valence-corrected chi connectivity index (χ2v) is 6.20. The van der Waals surface area contributed by atoms with E-state index in [1.807, 2.05) is 13.8 Å². The zero-order chi connectivity index (χ0) is 13.7. The largest absolute Gasteiger partial charge is 0.355 e. The lowest BCUT2D eigenvalue weighted by atomic mass is 10.1. The molecule has 1 amide bonds. The van der Waals surface area contributed by atoms with Gasteiger partial charge in [-0.25, -0.2) is 4.98 Å². The van der Waals surface area contributed by atoms with Gasteiger partial charge in [0.1, 0.15) is 0 Å². The molecule has 0 radical (unpaired) electrons. The Labute approximate surface area is 119 Å². The van der Waals surface area contributed by atoms with E-state index in [4.69, 9.17) is 0 Å².